The number of alkyl halides is 3. The summed E-state index contributed by atoms with van der Waals surface area (Å²) in [5.74, 6) is -1.92. The summed E-state index contributed by atoms with van der Waals surface area (Å²) in [6.07, 6.45) is 1.42. The molecule has 1 unspecified atom stereocenters. The smallest absolute Gasteiger partial charge is 0.416 e. The van der Waals surface area contributed by atoms with Crippen molar-refractivity contribution in [1.29, 1.82) is 0 Å². The summed E-state index contributed by atoms with van der Waals surface area (Å²) < 4.78 is 43.7. The number of aliphatic carboxylic acids is 1. The Labute approximate surface area is 203 Å². The van der Waals surface area contributed by atoms with Gasteiger partial charge in [0.1, 0.15) is 18.5 Å². The molecule has 0 amide bonds. The summed E-state index contributed by atoms with van der Waals surface area (Å²) in [5, 5.41) is 40.1. The van der Waals surface area contributed by atoms with Crippen molar-refractivity contribution in [3.8, 4) is 5.75 Å². The fourth-order valence-corrected chi connectivity index (χ4v) is 4.35. The summed E-state index contributed by atoms with van der Waals surface area (Å²) in [6.45, 7) is 3.47. The first-order valence-electron chi connectivity index (χ1n) is 11.8. The Bertz CT molecular complexity index is 867. The number of benzene rings is 1. The SMILES string of the molecule is CC(C)C(CCC=CC[C@@H]1[C@@H](C=C[C@@H](O)COc2cccc(C(F)(F)F)c2)[C@H](O)C[C@@H]1O)C(=O)O. The third kappa shape index (κ3) is 8.98. The monoisotopic (exact) mass is 500 g/mol. The van der Waals surface area contributed by atoms with E-state index in [2.05, 4.69) is 0 Å². The molecule has 6 nitrogen and oxygen atoms in total. The molecule has 1 aromatic carbocycles. The molecular formula is C26H35F3O6. The first kappa shape index (κ1) is 28.9. The Hall–Kier alpha value is -2.36. The quantitative estimate of drug-likeness (QED) is 0.316. The van der Waals surface area contributed by atoms with Crippen LogP contribution in [0.15, 0.2) is 48.6 Å². The van der Waals surface area contributed by atoms with Gasteiger partial charge < -0.3 is 25.2 Å². The van der Waals surface area contributed by atoms with Gasteiger partial charge in [0.25, 0.3) is 0 Å². The van der Waals surface area contributed by atoms with E-state index in [9.17, 15) is 38.4 Å². The summed E-state index contributed by atoms with van der Waals surface area (Å²) in [5.41, 5.74) is -0.846. The number of carboxylic acid groups (broad SMARTS) is 1. The van der Waals surface area contributed by atoms with Crippen molar-refractivity contribution in [2.24, 2.45) is 23.7 Å². The molecule has 35 heavy (non-hydrogen) atoms. The van der Waals surface area contributed by atoms with Crippen LogP contribution >= 0.6 is 0 Å². The van der Waals surface area contributed by atoms with Crippen LogP contribution in [0, 0.1) is 23.7 Å². The lowest BCUT2D eigenvalue weighted by molar-refractivity contribution is -0.143. The molecule has 9 heteroatoms. The third-order valence-electron chi connectivity index (χ3n) is 6.39. The van der Waals surface area contributed by atoms with Gasteiger partial charge in [0.2, 0.25) is 0 Å². The average molecular weight is 501 g/mol. The number of carbonyl (C=O) groups is 1. The number of aliphatic hydroxyl groups excluding tert-OH is 3. The Morgan fingerprint density at radius 3 is 2.54 bits per heavy atom. The molecule has 0 aromatic heterocycles. The number of halogens is 3. The lowest BCUT2D eigenvalue weighted by Crippen LogP contribution is -2.21. The largest absolute Gasteiger partial charge is 0.491 e. The second-order valence-electron chi connectivity index (χ2n) is 9.37. The van der Waals surface area contributed by atoms with Gasteiger partial charge in [0, 0.05) is 12.3 Å². The molecule has 4 N–H and O–H groups in total. The van der Waals surface area contributed by atoms with Gasteiger partial charge >= 0.3 is 12.1 Å². The molecule has 196 valence electrons. The van der Waals surface area contributed by atoms with E-state index >= 15 is 0 Å². The van der Waals surface area contributed by atoms with E-state index in [0.29, 0.717) is 19.3 Å². The van der Waals surface area contributed by atoms with Gasteiger partial charge in [-0.25, -0.2) is 0 Å². The number of allylic oxidation sites excluding steroid dienone is 2. The van der Waals surface area contributed by atoms with Crippen LogP contribution in [-0.2, 0) is 11.0 Å². The first-order valence-corrected chi connectivity index (χ1v) is 11.8. The number of ether oxygens (including phenoxy) is 1. The van der Waals surface area contributed by atoms with Crippen molar-refractivity contribution in [3.05, 3.63) is 54.1 Å². The van der Waals surface area contributed by atoms with E-state index in [-0.39, 0.29) is 30.6 Å². The van der Waals surface area contributed by atoms with E-state index in [1.54, 1.807) is 6.08 Å². The van der Waals surface area contributed by atoms with Gasteiger partial charge in [-0.3, -0.25) is 4.79 Å². The molecule has 1 saturated carbocycles. The molecule has 0 spiro atoms. The van der Waals surface area contributed by atoms with Gasteiger partial charge in [-0.05, 0) is 49.3 Å². The number of rotatable bonds is 12. The van der Waals surface area contributed by atoms with Crippen molar-refractivity contribution in [2.75, 3.05) is 6.61 Å². The van der Waals surface area contributed by atoms with Crippen molar-refractivity contribution in [1.82, 2.24) is 0 Å². The standard InChI is InChI=1S/C26H35F3O6/c1-16(2)20(25(33)34)9-4-3-5-10-21-22(24(32)14-23(21)31)12-11-18(30)15-35-19-8-6-7-17(13-19)26(27,28)29/h3,5-8,11-13,16,18,20-24,30-32H,4,9-10,14-15H2,1-2H3,(H,33,34)/t18-,20?,21-,22-,23+,24-/m1/s1. The zero-order chi connectivity index (χ0) is 26.2. The fraction of sp³-hybridized carbons (Fsp3) is 0.577. The van der Waals surface area contributed by atoms with Crippen LogP contribution in [0.3, 0.4) is 0 Å². The highest BCUT2D eigenvalue weighted by molar-refractivity contribution is 5.70. The molecule has 0 aliphatic heterocycles. The van der Waals surface area contributed by atoms with Crippen LogP contribution in [0.5, 0.6) is 5.75 Å². The van der Waals surface area contributed by atoms with Crippen LogP contribution < -0.4 is 4.74 Å². The molecule has 0 saturated heterocycles. The predicted molar refractivity (Wildman–Crippen MR) is 125 cm³/mol. The Kier molecular flexibility index (Phi) is 10.8. The maximum atomic E-state index is 12.8. The fourth-order valence-electron chi connectivity index (χ4n) is 4.35. The molecule has 1 fully saturated rings. The summed E-state index contributed by atoms with van der Waals surface area (Å²) in [6, 6.07) is 4.37. The molecule has 1 aliphatic rings. The van der Waals surface area contributed by atoms with Crippen LogP contribution in [0.25, 0.3) is 0 Å². The average Bonchev–Trinajstić information content (AvgIpc) is 3.04. The minimum absolute atomic E-state index is 0.0192. The molecule has 0 bridgehead atoms. The van der Waals surface area contributed by atoms with Gasteiger partial charge in [-0.2, -0.15) is 13.2 Å². The van der Waals surface area contributed by atoms with Crippen molar-refractivity contribution < 1.29 is 43.1 Å². The normalized spacial score (nSPS) is 24.9. The van der Waals surface area contributed by atoms with Gasteiger partial charge in [0.15, 0.2) is 0 Å². The molecule has 0 heterocycles. The Morgan fingerprint density at radius 1 is 1.20 bits per heavy atom. The van der Waals surface area contributed by atoms with Crippen LogP contribution in [0.1, 0.15) is 45.1 Å². The first-order chi connectivity index (χ1) is 16.4. The third-order valence-corrected chi connectivity index (χ3v) is 6.39. The number of carboxylic acids is 1. The van der Waals surface area contributed by atoms with Crippen LogP contribution in [0.2, 0.25) is 0 Å². The highest BCUT2D eigenvalue weighted by Crippen LogP contribution is 2.36. The minimum atomic E-state index is -4.49. The topological polar surface area (TPSA) is 107 Å². The molecule has 2 rings (SSSR count). The summed E-state index contributed by atoms with van der Waals surface area (Å²) in [4.78, 5) is 11.3. The lowest BCUT2D eigenvalue weighted by Gasteiger charge is -2.20. The summed E-state index contributed by atoms with van der Waals surface area (Å²) in [7, 11) is 0. The van der Waals surface area contributed by atoms with E-state index in [4.69, 9.17) is 4.74 Å². The molecule has 1 aliphatic carbocycles. The van der Waals surface area contributed by atoms with Crippen LogP contribution in [0.4, 0.5) is 13.2 Å². The number of aliphatic hydroxyl groups is 3. The highest BCUT2D eigenvalue weighted by Gasteiger charge is 2.39. The summed E-state index contributed by atoms with van der Waals surface area (Å²) >= 11 is 0. The molecule has 6 atom stereocenters. The van der Waals surface area contributed by atoms with Crippen molar-refractivity contribution in [3.63, 3.8) is 0 Å². The molecule has 0 radical (unpaired) electrons. The van der Waals surface area contributed by atoms with Gasteiger partial charge in [-0.15, -0.1) is 0 Å². The Morgan fingerprint density at radius 2 is 1.91 bits per heavy atom. The highest BCUT2D eigenvalue weighted by atomic mass is 19.4. The minimum Gasteiger partial charge on any atom is -0.491 e. The van der Waals surface area contributed by atoms with Gasteiger partial charge in [-0.1, -0.05) is 44.2 Å². The Balaban J connectivity index is 1.89. The number of hydrogen-bond acceptors (Lipinski definition) is 5. The number of hydrogen-bond donors (Lipinski definition) is 4. The molecular weight excluding hydrogens is 465 g/mol. The van der Waals surface area contributed by atoms with E-state index in [1.807, 2.05) is 26.0 Å². The van der Waals surface area contributed by atoms with E-state index in [0.717, 1.165) is 12.1 Å². The van der Waals surface area contributed by atoms with Crippen molar-refractivity contribution >= 4 is 5.97 Å². The zero-order valence-electron chi connectivity index (χ0n) is 19.9. The second kappa shape index (κ2) is 13.1. The van der Waals surface area contributed by atoms with Crippen LogP contribution in [-0.4, -0.2) is 51.3 Å². The predicted octanol–water partition coefficient (Wildman–Crippen LogP) is 4.44. The second-order valence-corrected chi connectivity index (χ2v) is 9.37. The van der Waals surface area contributed by atoms with E-state index in [1.165, 1.54) is 18.2 Å². The van der Waals surface area contributed by atoms with Crippen molar-refractivity contribution in [2.45, 2.75) is 64.0 Å². The zero-order valence-corrected chi connectivity index (χ0v) is 19.9. The van der Waals surface area contributed by atoms with E-state index < -0.39 is 47.9 Å². The molecule has 1 aromatic rings. The lowest BCUT2D eigenvalue weighted by atomic mass is 9.89. The van der Waals surface area contributed by atoms with Gasteiger partial charge in [0.05, 0.1) is 23.7 Å². The maximum absolute atomic E-state index is 12.8. The maximum Gasteiger partial charge on any atom is 0.416 e.